The molecule has 1 aromatic rings. The van der Waals surface area contributed by atoms with E-state index in [1.54, 1.807) is 13.8 Å². The lowest BCUT2D eigenvalue weighted by atomic mass is 10.2. The number of hydrogen-bond donors (Lipinski definition) is 1. The molecule has 5 nitrogen and oxygen atoms in total. The third kappa shape index (κ3) is 2.73. The molecular weight excluding hydrogens is 222 g/mol. The van der Waals surface area contributed by atoms with Crippen molar-refractivity contribution in [3.8, 4) is 11.5 Å². The fraction of sp³-hybridized carbons (Fsp3) is 0.333. The van der Waals surface area contributed by atoms with Crippen molar-refractivity contribution in [3.63, 3.8) is 0 Å². The van der Waals surface area contributed by atoms with Gasteiger partial charge in [-0.15, -0.1) is 0 Å². The van der Waals surface area contributed by atoms with Crippen LogP contribution in [0.3, 0.4) is 0 Å². The Kier molecular flexibility index (Phi) is 3.36. The van der Waals surface area contributed by atoms with E-state index in [1.165, 1.54) is 6.07 Å². The van der Waals surface area contributed by atoms with Crippen molar-refractivity contribution in [1.29, 1.82) is 0 Å². The Hall–Kier alpha value is -1.49. The number of hydrogen-bond acceptors (Lipinski definition) is 4. The van der Waals surface area contributed by atoms with Gasteiger partial charge < -0.3 is 9.84 Å². The zero-order chi connectivity index (χ0) is 11.6. The molecule has 0 atom stereocenters. The molecule has 0 aliphatic carbocycles. The van der Waals surface area contributed by atoms with Gasteiger partial charge in [0.2, 0.25) is 0 Å². The Bertz CT molecular complexity index is 392. The Balaban J connectivity index is 3.13. The lowest BCUT2D eigenvalue weighted by molar-refractivity contribution is -0.384. The van der Waals surface area contributed by atoms with Crippen LogP contribution in [-0.4, -0.2) is 16.1 Å². The second kappa shape index (κ2) is 4.35. The van der Waals surface area contributed by atoms with Crippen LogP contribution in [0.15, 0.2) is 12.1 Å². The molecule has 0 heterocycles. The summed E-state index contributed by atoms with van der Waals surface area (Å²) in [6.07, 6.45) is -0.145. The molecule has 0 amide bonds. The van der Waals surface area contributed by atoms with Crippen molar-refractivity contribution in [2.75, 3.05) is 0 Å². The van der Waals surface area contributed by atoms with Gasteiger partial charge in [-0.1, -0.05) is 11.6 Å². The molecule has 0 saturated carbocycles. The molecule has 0 aliphatic rings. The summed E-state index contributed by atoms with van der Waals surface area (Å²) < 4.78 is 5.20. The molecule has 0 spiro atoms. The summed E-state index contributed by atoms with van der Waals surface area (Å²) in [4.78, 5) is 9.81. The SMILES string of the molecule is CC(C)Oc1cc(Cl)c([N+](=O)[O-])cc1O. The van der Waals surface area contributed by atoms with Crippen LogP contribution in [0.25, 0.3) is 0 Å². The molecule has 0 radical (unpaired) electrons. The maximum atomic E-state index is 10.5. The number of nitrogens with zero attached hydrogens (tertiary/aromatic N) is 1. The van der Waals surface area contributed by atoms with Gasteiger partial charge in [0.1, 0.15) is 5.02 Å². The average molecular weight is 232 g/mol. The topological polar surface area (TPSA) is 72.6 Å². The Labute approximate surface area is 91.4 Å². The van der Waals surface area contributed by atoms with E-state index in [9.17, 15) is 15.2 Å². The number of benzene rings is 1. The maximum Gasteiger partial charge on any atom is 0.291 e. The molecule has 1 N–H and O–H groups in total. The molecule has 15 heavy (non-hydrogen) atoms. The van der Waals surface area contributed by atoms with Crippen molar-refractivity contribution in [1.82, 2.24) is 0 Å². The number of rotatable bonds is 3. The highest BCUT2D eigenvalue weighted by Crippen LogP contribution is 2.36. The summed E-state index contributed by atoms with van der Waals surface area (Å²) in [5.74, 6) is -0.152. The first-order valence-corrected chi connectivity index (χ1v) is 4.63. The molecule has 0 aromatic heterocycles. The van der Waals surface area contributed by atoms with Gasteiger partial charge in [0.15, 0.2) is 11.5 Å². The predicted octanol–water partition coefficient (Wildman–Crippen LogP) is 2.74. The van der Waals surface area contributed by atoms with Gasteiger partial charge >= 0.3 is 0 Å². The number of nitro groups is 1. The first-order chi connectivity index (χ1) is 6.91. The molecule has 0 aliphatic heterocycles. The molecule has 0 unspecified atom stereocenters. The van der Waals surface area contributed by atoms with Crippen molar-refractivity contribution in [3.05, 3.63) is 27.3 Å². The summed E-state index contributed by atoms with van der Waals surface area (Å²) in [5.41, 5.74) is -0.342. The number of nitro benzene ring substituents is 1. The minimum Gasteiger partial charge on any atom is -0.504 e. The largest absolute Gasteiger partial charge is 0.504 e. The average Bonchev–Trinajstić information content (AvgIpc) is 2.09. The second-order valence-corrected chi connectivity index (χ2v) is 3.60. The zero-order valence-electron chi connectivity index (χ0n) is 8.23. The number of halogens is 1. The van der Waals surface area contributed by atoms with Crippen molar-refractivity contribution in [2.45, 2.75) is 20.0 Å². The van der Waals surface area contributed by atoms with Crippen LogP contribution in [0.5, 0.6) is 11.5 Å². The van der Waals surface area contributed by atoms with Crippen LogP contribution in [0.2, 0.25) is 5.02 Å². The highest BCUT2D eigenvalue weighted by Gasteiger charge is 2.17. The van der Waals surface area contributed by atoms with Crippen LogP contribution in [0.1, 0.15) is 13.8 Å². The maximum absolute atomic E-state index is 10.5. The van der Waals surface area contributed by atoms with Gasteiger partial charge in [0.25, 0.3) is 5.69 Å². The first-order valence-electron chi connectivity index (χ1n) is 4.25. The number of aromatic hydroxyl groups is 1. The molecular formula is C9H10ClNO4. The molecule has 1 rings (SSSR count). The van der Waals surface area contributed by atoms with Crippen molar-refractivity contribution >= 4 is 17.3 Å². The molecule has 0 bridgehead atoms. The smallest absolute Gasteiger partial charge is 0.291 e. The lowest BCUT2D eigenvalue weighted by Gasteiger charge is -2.11. The van der Waals surface area contributed by atoms with E-state index >= 15 is 0 Å². The monoisotopic (exact) mass is 231 g/mol. The van der Waals surface area contributed by atoms with E-state index in [4.69, 9.17) is 16.3 Å². The van der Waals surface area contributed by atoms with Gasteiger partial charge in [-0.3, -0.25) is 10.1 Å². The molecule has 6 heteroatoms. The Morgan fingerprint density at radius 3 is 2.60 bits per heavy atom. The second-order valence-electron chi connectivity index (χ2n) is 3.20. The van der Waals surface area contributed by atoms with E-state index < -0.39 is 4.92 Å². The van der Waals surface area contributed by atoms with Gasteiger partial charge in [0.05, 0.1) is 17.1 Å². The third-order valence-electron chi connectivity index (χ3n) is 1.59. The molecule has 82 valence electrons. The van der Waals surface area contributed by atoms with E-state index in [0.29, 0.717) is 0 Å². The number of phenols is 1. The van der Waals surface area contributed by atoms with Gasteiger partial charge in [-0.2, -0.15) is 0 Å². The first kappa shape index (κ1) is 11.6. The fourth-order valence-corrected chi connectivity index (χ4v) is 1.24. The highest BCUT2D eigenvalue weighted by molar-refractivity contribution is 6.32. The van der Waals surface area contributed by atoms with E-state index in [-0.39, 0.29) is 28.3 Å². The fourth-order valence-electron chi connectivity index (χ4n) is 1.02. The van der Waals surface area contributed by atoms with E-state index in [1.807, 2.05) is 0 Å². The summed E-state index contributed by atoms with van der Waals surface area (Å²) in [7, 11) is 0. The Morgan fingerprint density at radius 2 is 2.13 bits per heavy atom. The van der Waals surface area contributed by atoms with Crippen LogP contribution in [0.4, 0.5) is 5.69 Å². The minimum atomic E-state index is -0.665. The third-order valence-corrected chi connectivity index (χ3v) is 1.89. The van der Waals surface area contributed by atoms with Crippen LogP contribution < -0.4 is 4.74 Å². The quantitative estimate of drug-likeness (QED) is 0.641. The summed E-state index contributed by atoms with van der Waals surface area (Å²) in [6.45, 7) is 3.55. The normalized spacial score (nSPS) is 10.4. The Morgan fingerprint density at radius 1 is 1.53 bits per heavy atom. The lowest BCUT2D eigenvalue weighted by Crippen LogP contribution is -2.05. The minimum absolute atomic E-state index is 0.0616. The molecule has 0 saturated heterocycles. The van der Waals surface area contributed by atoms with Gasteiger partial charge in [-0.05, 0) is 13.8 Å². The van der Waals surface area contributed by atoms with E-state index in [2.05, 4.69) is 0 Å². The van der Waals surface area contributed by atoms with Crippen molar-refractivity contribution in [2.24, 2.45) is 0 Å². The van der Waals surface area contributed by atoms with Crippen LogP contribution in [-0.2, 0) is 0 Å². The summed E-state index contributed by atoms with van der Waals surface area (Å²) in [6, 6.07) is 2.20. The van der Waals surface area contributed by atoms with Crippen LogP contribution >= 0.6 is 11.6 Å². The predicted molar refractivity (Wildman–Crippen MR) is 55.5 cm³/mol. The zero-order valence-corrected chi connectivity index (χ0v) is 8.99. The van der Waals surface area contributed by atoms with Gasteiger partial charge in [0, 0.05) is 6.07 Å². The summed E-state index contributed by atoms with van der Waals surface area (Å²) >= 11 is 5.65. The standard InChI is InChI=1S/C9H10ClNO4/c1-5(2)15-9-3-6(10)7(11(13)14)4-8(9)12/h3-5,12H,1-2H3. The molecule has 1 aromatic carbocycles. The van der Waals surface area contributed by atoms with Gasteiger partial charge in [-0.25, -0.2) is 0 Å². The highest BCUT2D eigenvalue weighted by atomic mass is 35.5. The van der Waals surface area contributed by atoms with Crippen molar-refractivity contribution < 1.29 is 14.8 Å². The summed E-state index contributed by atoms with van der Waals surface area (Å²) in [5, 5.41) is 19.8. The molecule has 0 fully saturated rings. The van der Waals surface area contributed by atoms with Crippen LogP contribution in [0, 0.1) is 10.1 Å². The number of phenolic OH excluding ortho intramolecular Hbond substituents is 1. The number of ether oxygens (including phenoxy) is 1. The van der Waals surface area contributed by atoms with E-state index in [0.717, 1.165) is 6.07 Å².